The number of hydrogen-bond donors (Lipinski definition) is 4. The van der Waals surface area contributed by atoms with Gasteiger partial charge in [0, 0.05) is 106 Å². The van der Waals surface area contributed by atoms with Gasteiger partial charge in [-0.2, -0.15) is 0 Å². The second-order valence-corrected chi connectivity index (χ2v) is 31.8. The zero-order chi connectivity index (χ0) is 60.5. The minimum atomic E-state index is -0.179. The minimum Gasteiger partial charge on any atom is -0.507 e. The molecule has 6 rings (SSSR count). The van der Waals surface area contributed by atoms with Crippen molar-refractivity contribution < 1.29 is 68.5 Å². The van der Waals surface area contributed by atoms with Gasteiger partial charge < -0.3 is 31.4 Å². The SMILES string of the molecule is CC(C)(C)c1cc(C=N[C@H]2CCCC[C@@H]2N=Cc2cc(C(C)(C)C)cc(C(C)(C)C)c2O)c(O)c(C(C)(C)C)c1.CC(C)(C)c1cc(C=N[C@H]2CCCC[C@@H]2N=Cc2cc(C(C)(C)C)cc(C(C)(C)C)c2O)c(O)c(C(C)(C)C)c1.O.O.[V].[V]. The van der Waals surface area contributed by atoms with Crippen molar-refractivity contribution in [2.24, 2.45) is 20.0 Å². The first-order valence-corrected chi connectivity index (χ1v) is 30.0. The first-order valence-electron chi connectivity index (χ1n) is 30.0. The molecule has 0 bridgehead atoms. The van der Waals surface area contributed by atoms with Crippen molar-refractivity contribution in [1.29, 1.82) is 0 Å². The van der Waals surface area contributed by atoms with Crippen molar-refractivity contribution in [1.82, 2.24) is 0 Å². The quantitative estimate of drug-likeness (QED) is 0.128. The predicted octanol–water partition coefficient (Wildman–Crippen LogP) is 16.6. The standard InChI is InChI=1S/2C36H54N2O2.2H2O.2V/c2*1-33(2,3)25-17-23(31(39)27(19-25)35(7,8)9)21-37-29-15-13-14-16-30(29)38-22-24-18-26(34(4,5)6)20-28(32(24)40)36(10,11)12;;;;/h2*17-22,29-30,39-40H,13-16H2,1-12H3;2*1H2;;/t2*29-,30-;;;;/m00..../s1. The van der Waals surface area contributed by atoms with Crippen LogP contribution in [0.25, 0.3) is 0 Å². The van der Waals surface area contributed by atoms with Crippen LogP contribution in [-0.2, 0) is 80.4 Å². The summed E-state index contributed by atoms with van der Waals surface area (Å²) in [5, 5.41) is 44.9. The summed E-state index contributed by atoms with van der Waals surface area (Å²) in [6, 6.07) is 17.1. The molecule has 466 valence electrons. The van der Waals surface area contributed by atoms with E-state index in [0.29, 0.717) is 23.0 Å². The van der Waals surface area contributed by atoms with E-state index >= 15 is 0 Å². The van der Waals surface area contributed by atoms with E-state index in [9.17, 15) is 20.4 Å². The van der Waals surface area contributed by atoms with Crippen LogP contribution in [0.2, 0.25) is 0 Å². The van der Waals surface area contributed by atoms with E-state index in [1.54, 1.807) is 0 Å². The fourth-order valence-electron chi connectivity index (χ4n) is 10.6. The van der Waals surface area contributed by atoms with E-state index < -0.39 is 0 Å². The molecule has 4 atom stereocenters. The van der Waals surface area contributed by atoms with Crippen LogP contribution in [0.5, 0.6) is 23.0 Å². The molecule has 4 aromatic rings. The molecule has 2 aliphatic rings. The molecular formula is C72H112N4O6V2. The van der Waals surface area contributed by atoms with Gasteiger partial charge in [-0.15, -0.1) is 0 Å². The largest absolute Gasteiger partial charge is 0.507 e. The van der Waals surface area contributed by atoms with Crippen molar-refractivity contribution >= 4 is 24.9 Å². The van der Waals surface area contributed by atoms with Crippen LogP contribution in [0.1, 0.15) is 284 Å². The van der Waals surface area contributed by atoms with Crippen molar-refractivity contribution in [2.75, 3.05) is 0 Å². The van der Waals surface area contributed by atoms with E-state index in [0.717, 1.165) is 95.9 Å². The Morgan fingerprint density at radius 2 is 0.440 bits per heavy atom. The van der Waals surface area contributed by atoms with Gasteiger partial charge in [-0.1, -0.05) is 216 Å². The molecule has 4 aromatic carbocycles. The van der Waals surface area contributed by atoms with Gasteiger partial charge >= 0.3 is 0 Å². The Hall–Kier alpha value is -4.15. The molecular weight excluding hydrogens is 1120 g/mol. The van der Waals surface area contributed by atoms with Gasteiger partial charge in [0.25, 0.3) is 0 Å². The minimum absolute atomic E-state index is 0. The molecule has 2 fully saturated rings. The van der Waals surface area contributed by atoms with Gasteiger partial charge in [0.05, 0.1) is 24.2 Å². The maximum atomic E-state index is 11.2. The Balaban J connectivity index is 0.000000802. The average molecular weight is 1230 g/mol. The summed E-state index contributed by atoms with van der Waals surface area (Å²) in [4.78, 5) is 20.1. The number of phenols is 4. The molecule has 0 saturated heterocycles. The molecule has 0 amide bonds. The zero-order valence-electron chi connectivity index (χ0n) is 56.4. The van der Waals surface area contributed by atoms with Gasteiger partial charge in [-0.05, 0) is 116 Å². The van der Waals surface area contributed by atoms with Crippen LogP contribution in [0.3, 0.4) is 0 Å². The first-order chi connectivity index (χ1) is 36.4. The van der Waals surface area contributed by atoms with Gasteiger partial charge in [0.1, 0.15) is 23.0 Å². The number of rotatable bonds is 8. The Kier molecular flexibility index (Phi) is 27.1. The smallest absolute Gasteiger partial charge is 0.128 e. The molecule has 0 heterocycles. The van der Waals surface area contributed by atoms with Crippen molar-refractivity contribution in [3.63, 3.8) is 0 Å². The third kappa shape index (κ3) is 20.5. The molecule has 84 heavy (non-hydrogen) atoms. The molecule has 8 N–H and O–H groups in total. The topological polar surface area (TPSA) is 193 Å². The first kappa shape index (κ1) is 77.9. The second kappa shape index (κ2) is 29.2. The molecule has 2 aliphatic carbocycles. The molecule has 2 saturated carbocycles. The Bertz CT molecular complexity index is 2540. The van der Waals surface area contributed by atoms with Crippen LogP contribution in [0.15, 0.2) is 68.5 Å². The summed E-state index contributed by atoms with van der Waals surface area (Å²) in [5.41, 5.74) is 10.8. The Morgan fingerprint density at radius 3 is 0.571 bits per heavy atom. The van der Waals surface area contributed by atoms with Gasteiger partial charge in [0.15, 0.2) is 0 Å². The van der Waals surface area contributed by atoms with E-state index in [-0.39, 0.29) is 116 Å². The molecule has 0 unspecified atom stereocenters. The second-order valence-electron chi connectivity index (χ2n) is 31.8. The summed E-state index contributed by atoms with van der Waals surface area (Å²) >= 11 is 0. The van der Waals surface area contributed by atoms with Crippen molar-refractivity contribution in [2.45, 2.75) is 285 Å². The number of benzene rings is 4. The van der Waals surface area contributed by atoms with Crippen LogP contribution in [0.4, 0.5) is 0 Å². The summed E-state index contributed by atoms with van der Waals surface area (Å²) in [7, 11) is 0. The van der Waals surface area contributed by atoms with Crippen molar-refractivity contribution in [3.05, 3.63) is 115 Å². The number of aliphatic imine (C=N–C) groups is 4. The summed E-state index contributed by atoms with van der Waals surface area (Å²) in [6.45, 7) is 52.1. The van der Waals surface area contributed by atoms with E-state index in [1.807, 2.05) is 24.9 Å². The van der Waals surface area contributed by atoms with Crippen LogP contribution < -0.4 is 0 Å². The van der Waals surface area contributed by atoms with Crippen LogP contribution in [0, 0.1) is 0 Å². The van der Waals surface area contributed by atoms with Gasteiger partial charge in [-0.25, -0.2) is 0 Å². The predicted molar refractivity (Wildman–Crippen MR) is 352 cm³/mol. The van der Waals surface area contributed by atoms with Crippen LogP contribution >= 0.6 is 0 Å². The molecule has 2 radical (unpaired) electrons. The van der Waals surface area contributed by atoms with Gasteiger partial charge in [-0.3, -0.25) is 20.0 Å². The summed E-state index contributed by atoms with van der Waals surface area (Å²) in [6.07, 6.45) is 15.8. The van der Waals surface area contributed by atoms with Crippen molar-refractivity contribution in [3.8, 4) is 23.0 Å². The molecule has 12 heteroatoms. The number of nitrogens with zero attached hydrogens (tertiary/aromatic N) is 4. The number of phenolic OH excluding ortho intramolecular Hbond substituents is 4. The monoisotopic (exact) mass is 1230 g/mol. The van der Waals surface area contributed by atoms with E-state index in [1.165, 1.54) is 22.3 Å². The molecule has 0 aromatic heterocycles. The maximum absolute atomic E-state index is 11.2. The van der Waals surface area contributed by atoms with Gasteiger partial charge in [0.2, 0.25) is 0 Å². The third-order valence-electron chi connectivity index (χ3n) is 16.3. The zero-order valence-corrected chi connectivity index (χ0v) is 59.2. The normalized spacial score (nSPS) is 18.7. The average Bonchev–Trinajstić information content (AvgIpc) is 3.30. The summed E-state index contributed by atoms with van der Waals surface area (Å²) in [5.74, 6) is 1.27. The number of hydrogen-bond acceptors (Lipinski definition) is 8. The van der Waals surface area contributed by atoms with Crippen LogP contribution in [-0.4, -0.2) is 80.4 Å². The summed E-state index contributed by atoms with van der Waals surface area (Å²) < 4.78 is 0. The van der Waals surface area contributed by atoms with E-state index in [4.69, 9.17) is 20.0 Å². The molecule has 0 aliphatic heterocycles. The fraction of sp³-hybridized carbons (Fsp3) is 0.611. The Labute approximate surface area is 533 Å². The maximum Gasteiger partial charge on any atom is 0.128 e. The molecule has 10 nitrogen and oxygen atoms in total. The fourth-order valence-corrected chi connectivity index (χ4v) is 10.6. The number of aromatic hydroxyl groups is 4. The molecule has 0 spiro atoms. The van der Waals surface area contributed by atoms with E-state index in [2.05, 4.69) is 215 Å². The third-order valence-corrected chi connectivity index (χ3v) is 16.3. The Morgan fingerprint density at radius 1 is 0.286 bits per heavy atom.